The number of carbonyl (C=O) groups excluding carboxylic acids is 4. The Bertz CT molecular complexity index is 1020. The molecule has 0 bridgehead atoms. The molecule has 0 amide bonds. The van der Waals surface area contributed by atoms with Crippen LogP contribution in [0, 0.1) is 17.3 Å². The molecule has 2 unspecified atom stereocenters. The highest BCUT2D eigenvalue weighted by Gasteiger charge is 2.23. The monoisotopic (exact) mass is 597 g/mol. The number of hydrogen-bond acceptors (Lipinski definition) is 12. The van der Waals surface area contributed by atoms with Gasteiger partial charge in [-0.3, -0.25) is 4.79 Å². The van der Waals surface area contributed by atoms with Crippen LogP contribution in [0.15, 0.2) is 18.2 Å². The molecule has 0 radical (unpaired) electrons. The van der Waals surface area contributed by atoms with Gasteiger partial charge in [0.1, 0.15) is 18.8 Å². The van der Waals surface area contributed by atoms with Crippen LogP contribution in [0.5, 0.6) is 11.5 Å². The van der Waals surface area contributed by atoms with E-state index in [1.807, 2.05) is 48.5 Å². The first kappa shape index (κ1) is 36.5. The van der Waals surface area contributed by atoms with Gasteiger partial charge in [0.15, 0.2) is 11.5 Å². The SMILES string of the molecule is CCC(C)COC(=O)Oc1ccc(C[C@H](N)C(=O)O[C@@H](C)COC(=O)OCC(C)(C)C)cc1OC(=O)OCC(C)CC. The molecule has 2 N–H and O–H groups in total. The van der Waals surface area contributed by atoms with Gasteiger partial charge in [-0.15, -0.1) is 0 Å². The van der Waals surface area contributed by atoms with Gasteiger partial charge >= 0.3 is 24.4 Å². The Morgan fingerprint density at radius 3 is 1.81 bits per heavy atom. The molecule has 12 nitrogen and oxygen atoms in total. The second-order valence-corrected chi connectivity index (χ2v) is 11.6. The van der Waals surface area contributed by atoms with E-state index in [1.54, 1.807) is 13.0 Å². The predicted octanol–water partition coefficient (Wildman–Crippen LogP) is 5.81. The van der Waals surface area contributed by atoms with Crippen LogP contribution in [0.25, 0.3) is 0 Å². The molecule has 0 saturated heterocycles. The Kier molecular flexibility index (Phi) is 15.7. The standard InChI is InChI=1S/C30H47NO11/c1-9-19(3)15-36-28(34)41-24-12-11-22(14-25(24)42-29(35)37-16-20(4)10-2)13-23(31)26(32)40-21(5)17-38-27(33)39-18-30(6,7)8/h11-12,14,19-21,23H,9-10,13,15-18,31H2,1-8H3/t19?,20?,21-,23-/m0/s1. The highest BCUT2D eigenvalue weighted by atomic mass is 16.7. The lowest BCUT2D eigenvalue weighted by molar-refractivity contribution is -0.152. The highest BCUT2D eigenvalue weighted by Crippen LogP contribution is 2.30. The van der Waals surface area contributed by atoms with Crippen molar-refractivity contribution in [3.63, 3.8) is 0 Å². The summed E-state index contributed by atoms with van der Waals surface area (Å²) in [6, 6.07) is 3.26. The minimum Gasteiger partial charge on any atom is -0.458 e. The maximum atomic E-state index is 12.6. The van der Waals surface area contributed by atoms with Crippen molar-refractivity contribution in [1.82, 2.24) is 0 Å². The van der Waals surface area contributed by atoms with Crippen molar-refractivity contribution in [1.29, 1.82) is 0 Å². The molecule has 0 spiro atoms. The molecule has 0 aliphatic rings. The molecule has 0 aliphatic carbocycles. The average molecular weight is 598 g/mol. The predicted molar refractivity (Wildman–Crippen MR) is 153 cm³/mol. The highest BCUT2D eigenvalue weighted by molar-refractivity contribution is 5.76. The minimum absolute atomic E-state index is 0.00292. The molecule has 4 atom stereocenters. The van der Waals surface area contributed by atoms with Gasteiger partial charge in [0, 0.05) is 0 Å². The van der Waals surface area contributed by atoms with E-state index in [0.717, 1.165) is 12.8 Å². The molecular formula is C30H47NO11. The van der Waals surface area contributed by atoms with Crippen LogP contribution in [0.2, 0.25) is 0 Å². The number of esters is 1. The lowest BCUT2D eigenvalue weighted by Crippen LogP contribution is -2.37. The fraction of sp³-hybridized carbons (Fsp3) is 0.667. The van der Waals surface area contributed by atoms with E-state index < -0.39 is 36.6 Å². The van der Waals surface area contributed by atoms with Gasteiger partial charge in [-0.1, -0.05) is 67.4 Å². The fourth-order valence-electron chi connectivity index (χ4n) is 2.90. The Morgan fingerprint density at radius 1 is 0.762 bits per heavy atom. The maximum Gasteiger partial charge on any atom is 0.513 e. The summed E-state index contributed by atoms with van der Waals surface area (Å²) in [4.78, 5) is 48.8. The second kappa shape index (κ2) is 18.1. The van der Waals surface area contributed by atoms with E-state index in [0.29, 0.717) is 5.56 Å². The molecular weight excluding hydrogens is 550 g/mol. The van der Waals surface area contributed by atoms with Gasteiger partial charge in [0.25, 0.3) is 0 Å². The van der Waals surface area contributed by atoms with Crippen molar-refractivity contribution in [3.05, 3.63) is 23.8 Å². The van der Waals surface area contributed by atoms with E-state index >= 15 is 0 Å². The Labute approximate surface area is 248 Å². The van der Waals surface area contributed by atoms with Crippen molar-refractivity contribution in [2.45, 2.75) is 86.8 Å². The summed E-state index contributed by atoms with van der Waals surface area (Å²) in [5, 5.41) is 0. The average Bonchev–Trinajstić information content (AvgIpc) is 2.93. The molecule has 1 rings (SSSR count). The van der Waals surface area contributed by atoms with Crippen molar-refractivity contribution >= 4 is 24.4 Å². The summed E-state index contributed by atoms with van der Waals surface area (Å²) in [6.45, 7) is 15.3. The van der Waals surface area contributed by atoms with Crippen molar-refractivity contribution < 1.29 is 52.3 Å². The van der Waals surface area contributed by atoms with Crippen LogP contribution in [0.3, 0.4) is 0 Å². The number of nitrogens with two attached hydrogens (primary N) is 1. The van der Waals surface area contributed by atoms with Crippen molar-refractivity contribution in [2.24, 2.45) is 23.0 Å². The van der Waals surface area contributed by atoms with Crippen LogP contribution in [-0.4, -0.2) is 63.0 Å². The van der Waals surface area contributed by atoms with Crippen molar-refractivity contribution in [3.8, 4) is 11.5 Å². The summed E-state index contributed by atoms with van der Waals surface area (Å²) in [7, 11) is 0. The third-order valence-electron chi connectivity index (χ3n) is 5.89. The Hall–Kier alpha value is -3.54. The van der Waals surface area contributed by atoms with E-state index in [1.165, 1.54) is 12.1 Å². The molecule has 0 aromatic heterocycles. The quantitative estimate of drug-likeness (QED) is 0.147. The lowest BCUT2D eigenvalue weighted by atomic mass is 9.99. The Morgan fingerprint density at radius 2 is 1.29 bits per heavy atom. The van der Waals surface area contributed by atoms with Crippen LogP contribution < -0.4 is 15.2 Å². The van der Waals surface area contributed by atoms with E-state index in [2.05, 4.69) is 0 Å². The zero-order valence-corrected chi connectivity index (χ0v) is 26.1. The third-order valence-corrected chi connectivity index (χ3v) is 5.89. The van der Waals surface area contributed by atoms with Crippen LogP contribution in [0.4, 0.5) is 14.4 Å². The summed E-state index contributed by atoms with van der Waals surface area (Å²) in [5.41, 5.74) is 6.32. The molecule has 1 aromatic carbocycles. The summed E-state index contributed by atoms with van der Waals surface area (Å²) >= 11 is 0. The van der Waals surface area contributed by atoms with E-state index in [4.69, 9.17) is 38.9 Å². The largest absolute Gasteiger partial charge is 0.513 e. The van der Waals surface area contributed by atoms with Crippen molar-refractivity contribution in [2.75, 3.05) is 26.4 Å². The molecule has 0 heterocycles. The van der Waals surface area contributed by atoms with Gasteiger partial charge in [-0.2, -0.15) is 0 Å². The zero-order valence-electron chi connectivity index (χ0n) is 26.1. The first-order valence-electron chi connectivity index (χ1n) is 14.2. The summed E-state index contributed by atoms with van der Waals surface area (Å²) in [6.07, 6.45) is -1.96. The Balaban J connectivity index is 2.85. The summed E-state index contributed by atoms with van der Waals surface area (Å²) < 4.78 is 36.1. The van der Waals surface area contributed by atoms with Gasteiger partial charge in [-0.25, -0.2) is 14.4 Å². The number of carbonyl (C=O) groups is 4. The van der Waals surface area contributed by atoms with E-state index in [-0.39, 0.29) is 61.6 Å². The summed E-state index contributed by atoms with van der Waals surface area (Å²) in [5.74, 6) is -0.657. The van der Waals surface area contributed by atoms with Gasteiger partial charge in [-0.05, 0) is 48.3 Å². The van der Waals surface area contributed by atoms with Gasteiger partial charge in [0.05, 0.1) is 19.8 Å². The maximum absolute atomic E-state index is 12.6. The normalized spacial score (nSPS) is 14.0. The fourth-order valence-corrected chi connectivity index (χ4v) is 2.90. The smallest absolute Gasteiger partial charge is 0.458 e. The zero-order chi connectivity index (χ0) is 31.9. The van der Waals surface area contributed by atoms with Gasteiger partial charge in [0.2, 0.25) is 0 Å². The third kappa shape index (κ3) is 15.5. The molecule has 238 valence electrons. The molecule has 0 fully saturated rings. The van der Waals surface area contributed by atoms with Crippen LogP contribution in [-0.2, 0) is 34.9 Å². The van der Waals surface area contributed by atoms with Crippen LogP contribution >= 0.6 is 0 Å². The number of hydrogen-bond donors (Lipinski definition) is 1. The first-order chi connectivity index (χ1) is 19.6. The first-order valence-corrected chi connectivity index (χ1v) is 14.2. The molecule has 1 aromatic rings. The molecule has 0 saturated carbocycles. The number of benzene rings is 1. The second-order valence-electron chi connectivity index (χ2n) is 11.6. The minimum atomic E-state index is -1.10. The number of rotatable bonds is 15. The van der Waals surface area contributed by atoms with Gasteiger partial charge < -0.3 is 38.9 Å². The topological polar surface area (TPSA) is 159 Å². The molecule has 42 heavy (non-hydrogen) atoms. The van der Waals surface area contributed by atoms with E-state index in [9.17, 15) is 19.2 Å². The number of ether oxygens (including phenoxy) is 7. The molecule has 0 aliphatic heterocycles. The van der Waals surface area contributed by atoms with Crippen LogP contribution in [0.1, 0.15) is 73.8 Å². The molecule has 12 heteroatoms. The lowest BCUT2D eigenvalue weighted by Gasteiger charge is -2.19.